The highest BCUT2D eigenvalue weighted by Gasteiger charge is 2.17. The summed E-state index contributed by atoms with van der Waals surface area (Å²) < 4.78 is 7.16. The Bertz CT molecular complexity index is 3030. The fraction of sp³-hybridized carbons (Fsp3) is 0.0196. The molecule has 254 valence electrons. The van der Waals surface area contributed by atoms with E-state index >= 15 is 0 Å². The average molecular weight is 690 g/mol. The van der Waals surface area contributed by atoms with E-state index in [1.54, 1.807) is 0 Å². The molecule has 3 heteroatoms. The zero-order valence-electron chi connectivity index (χ0n) is 29.7. The Hall–Kier alpha value is -7.10. The molecule has 11 aromatic rings. The fourth-order valence-electron chi connectivity index (χ4n) is 8.80. The van der Waals surface area contributed by atoms with Crippen molar-refractivity contribution in [3.8, 4) is 33.6 Å². The van der Waals surface area contributed by atoms with E-state index in [1.807, 2.05) is 6.08 Å². The summed E-state index contributed by atoms with van der Waals surface area (Å²) in [6.07, 6.45) is 2.01. The molecular formula is C51H35N3. The Morgan fingerprint density at radius 1 is 0.333 bits per heavy atom. The normalized spacial score (nSPS) is 11.9. The van der Waals surface area contributed by atoms with Crippen molar-refractivity contribution in [3.05, 3.63) is 195 Å². The SMILES string of the molecule is C=CCn1c2cc(-c3ccc4c(c3)c3ccccc3n4-c3ccccc3)ccc2c2ccc(-c3ccc4c(c3)c3ccccc3n4-c3ccccc3)cc21. The van der Waals surface area contributed by atoms with Gasteiger partial charge in [0, 0.05) is 50.2 Å². The lowest BCUT2D eigenvalue weighted by Crippen LogP contribution is -1.95. The lowest BCUT2D eigenvalue weighted by Gasteiger charge is -2.09. The molecule has 0 unspecified atom stereocenters. The molecule has 54 heavy (non-hydrogen) atoms. The van der Waals surface area contributed by atoms with Gasteiger partial charge in [-0.1, -0.05) is 115 Å². The maximum Gasteiger partial charge on any atom is 0.0541 e. The molecule has 3 heterocycles. The Balaban J connectivity index is 1.05. The van der Waals surface area contributed by atoms with E-state index in [4.69, 9.17) is 0 Å². The van der Waals surface area contributed by atoms with Crippen LogP contribution in [0.15, 0.2) is 195 Å². The molecule has 8 aromatic carbocycles. The monoisotopic (exact) mass is 689 g/mol. The first-order valence-corrected chi connectivity index (χ1v) is 18.6. The Kier molecular flexibility index (Phi) is 6.77. The minimum Gasteiger partial charge on any atom is -0.337 e. The van der Waals surface area contributed by atoms with Crippen molar-refractivity contribution in [1.82, 2.24) is 13.7 Å². The van der Waals surface area contributed by atoms with Crippen LogP contribution in [0.2, 0.25) is 0 Å². The van der Waals surface area contributed by atoms with Crippen LogP contribution in [0.1, 0.15) is 0 Å². The zero-order valence-corrected chi connectivity index (χ0v) is 29.7. The van der Waals surface area contributed by atoms with Gasteiger partial charge < -0.3 is 13.7 Å². The van der Waals surface area contributed by atoms with E-state index in [0.717, 1.165) is 6.54 Å². The van der Waals surface area contributed by atoms with Crippen LogP contribution in [-0.2, 0) is 6.54 Å². The summed E-state index contributed by atoms with van der Waals surface area (Å²) >= 11 is 0. The van der Waals surface area contributed by atoms with Gasteiger partial charge in [0.25, 0.3) is 0 Å². The number of para-hydroxylation sites is 4. The molecule has 0 aliphatic rings. The van der Waals surface area contributed by atoms with Crippen LogP contribution in [0, 0.1) is 0 Å². The summed E-state index contributed by atoms with van der Waals surface area (Å²) in [6, 6.07) is 66.4. The number of allylic oxidation sites excluding steroid dienone is 1. The highest BCUT2D eigenvalue weighted by Crippen LogP contribution is 2.40. The molecule has 0 spiro atoms. The summed E-state index contributed by atoms with van der Waals surface area (Å²) in [5.41, 5.74) is 14.5. The van der Waals surface area contributed by atoms with Crippen LogP contribution < -0.4 is 0 Å². The molecule has 0 aliphatic carbocycles. The molecule has 0 fully saturated rings. The molecular weight excluding hydrogens is 655 g/mol. The number of aromatic nitrogens is 3. The average Bonchev–Trinajstić information content (AvgIpc) is 3.86. The topological polar surface area (TPSA) is 14.8 Å². The van der Waals surface area contributed by atoms with Gasteiger partial charge in [-0.2, -0.15) is 0 Å². The second-order valence-corrected chi connectivity index (χ2v) is 14.2. The van der Waals surface area contributed by atoms with E-state index in [0.29, 0.717) is 0 Å². The predicted molar refractivity (Wildman–Crippen MR) is 229 cm³/mol. The Morgan fingerprint density at radius 3 is 1.17 bits per heavy atom. The first-order valence-electron chi connectivity index (χ1n) is 18.6. The van der Waals surface area contributed by atoms with Crippen LogP contribution in [0.3, 0.4) is 0 Å². The van der Waals surface area contributed by atoms with Crippen molar-refractivity contribution in [3.63, 3.8) is 0 Å². The summed E-state index contributed by atoms with van der Waals surface area (Å²) in [7, 11) is 0. The molecule has 0 saturated heterocycles. The zero-order chi connectivity index (χ0) is 35.8. The Labute approximate surface area is 312 Å². The van der Waals surface area contributed by atoms with Crippen molar-refractivity contribution in [2.75, 3.05) is 0 Å². The molecule has 0 aliphatic heterocycles. The van der Waals surface area contributed by atoms with E-state index in [9.17, 15) is 0 Å². The number of nitrogens with zero attached hydrogens (tertiary/aromatic N) is 3. The molecule has 0 saturated carbocycles. The maximum absolute atomic E-state index is 4.17. The van der Waals surface area contributed by atoms with Crippen molar-refractivity contribution in [2.24, 2.45) is 0 Å². The van der Waals surface area contributed by atoms with Crippen molar-refractivity contribution in [1.29, 1.82) is 0 Å². The van der Waals surface area contributed by atoms with Crippen molar-refractivity contribution >= 4 is 65.4 Å². The van der Waals surface area contributed by atoms with Crippen LogP contribution in [0.25, 0.3) is 99.0 Å². The first kappa shape index (κ1) is 30.5. The maximum atomic E-state index is 4.17. The van der Waals surface area contributed by atoms with E-state index < -0.39 is 0 Å². The lowest BCUT2D eigenvalue weighted by molar-refractivity contribution is 0.901. The third-order valence-electron chi connectivity index (χ3n) is 11.2. The van der Waals surface area contributed by atoms with Crippen molar-refractivity contribution < 1.29 is 0 Å². The Morgan fingerprint density at radius 2 is 0.704 bits per heavy atom. The summed E-state index contributed by atoms with van der Waals surface area (Å²) in [6.45, 7) is 4.89. The van der Waals surface area contributed by atoms with Gasteiger partial charge in [-0.3, -0.25) is 0 Å². The van der Waals surface area contributed by atoms with E-state index in [1.165, 1.54) is 99.0 Å². The van der Waals surface area contributed by atoms with Crippen LogP contribution in [0.5, 0.6) is 0 Å². The largest absolute Gasteiger partial charge is 0.337 e. The lowest BCUT2D eigenvalue weighted by atomic mass is 10.00. The van der Waals surface area contributed by atoms with Gasteiger partial charge in [-0.25, -0.2) is 0 Å². The van der Waals surface area contributed by atoms with Gasteiger partial charge in [0.2, 0.25) is 0 Å². The molecule has 0 N–H and O–H groups in total. The number of benzene rings is 8. The highest BCUT2D eigenvalue weighted by atomic mass is 15.0. The van der Waals surface area contributed by atoms with Gasteiger partial charge in [-0.15, -0.1) is 6.58 Å². The summed E-state index contributed by atoms with van der Waals surface area (Å²) in [4.78, 5) is 0. The molecule has 11 rings (SSSR count). The molecule has 3 nitrogen and oxygen atoms in total. The molecule has 0 atom stereocenters. The second-order valence-electron chi connectivity index (χ2n) is 14.2. The van der Waals surface area contributed by atoms with Gasteiger partial charge in [0.15, 0.2) is 0 Å². The third-order valence-corrected chi connectivity index (χ3v) is 11.2. The number of hydrogen-bond acceptors (Lipinski definition) is 0. The number of hydrogen-bond donors (Lipinski definition) is 0. The quantitative estimate of drug-likeness (QED) is 0.154. The van der Waals surface area contributed by atoms with Crippen LogP contribution in [0.4, 0.5) is 0 Å². The minimum absolute atomic E-state index is 0.722. The first-order chi connectivity index (χ1) is 26.7. The van der Waals surface area contributed by atoms with E-state index in [2.05, 4.69) is 202 Å². The molecule has 0 amide bonds. The van der Waals surface area contributed by atoms with Gasteiger partial charge in [0.05, 0.1) is 33.1 Å². The van der Waals surface area contributed by atoms with Gasteiger partial charge in [0.1, 0.15) is 0 Å². The predicted octanol–water partition coefficient (Wildman–Crippen LogP) is 13.5. The fourth-order valence-corrected chi connectivity index (χ4v) is 8.80. The molecule has 0 bridgehead atoms. The highest BCUT2D eigenvalue weighted by molar-refractivity contribution is 6.13. The van der Waals surface area contributed by atoms with E-state index in [-0.39, 0.29) is 0 Å². The third kappa shape index (κ3) is 4.55. The van der Waals surface area contributed by atoms with Gasteiger partial charge >= 0.3 is 0 Å². The second kappa shape index (κ2) is 12.0. The minimum atomic E-state index is 0.722. The van der Waals surface area contributed by atoms with Crippen molar-refractivity contribution in [2.45, 2.75) is 6.54 Å². The van der Waals surface area contributed by atoms with Gasteiger partial charge in [-0.05, 0) is 95.1 Å². The van der Waals surface area contributed by atoms with Crippen LogP contribution in [-0.4, -0.2) is 13.7 Å². The summed E-state index contributed by atoms with van der Waals surface area (Å²) in [5.74, 6) is 0. The number of rotatable bonds is 6. The summed E-state index contributed by atoms with van der Waals surface area (Å²) in [5, 5.41) is 7.54. The number of fused-ring (bicyclic) bond motifs is 9. The smallest absolute Gasteiger partial charge is 0.0541 e. The molecule has 3 aromatic heterocycles. The van der Waals surface area contributed by atoms with Crippen LogP contribution >= 0.6 is 0 Å². The molecule has 0 radical (unpaired) electrons. The standard InChI is InChI=1S/C51H35N3/c1-2-29-52-50-32-36(34-23-27-48-44(30-34)40-17-9-11-19-46(40)53(48)38-13-5-3-6-14-38)21-25-42(50)43-26-22-37(33-51(43)52)35-24-28-49-45(31-35)41-18-10-12-20-47(41)54(49)39-15-7-4-8-16-39/h2-28,30-33H,1,29H2.